The van der Waals surface area contributed by atoms with Crippen LogP contribution in [-0.4, -0.2) is 13.4 Å². The van der Waals surface area contributed by atoms with Gasteiger partial charge in [0.25, 0.3) is 0 Å². The van der Waals surface area contributed by atoms with E-state index in [1.54, 1.807) is 23.5 Å². The van der Waals surface area contributed by atoms with Crippen LogP contribution < -0.4 is 5.14 Å². The van der Waals surface area contributed by atoms with E-state index in [1.807, 2.05) is 30.5 Å². The van der Waals surface area contributed by atoms with Gasteiger partial charge in [0.1, 0.15) is 5.01 Å². The van der Waals surface area contributed by atoms with Crippen molar-refractivity contribution in [2.45, 2.75) is 11.8 Å². The number of primary sulfonamides is 1. The predicted molar refractivity (Wildman–Crippen MR) is 89.1 cm³/mol. The van der Waals surface area contributed by atoms with E-state index >= 15 is 0 Å². The maximum absolute atomic E-state index is 11.3. The van der Waals surface area contributed by atoms with Crippen LogP contribution in [0.15, 0.2) is 58.8 Å². The van der Waals surface area contributed by atoms with Crippen molar-refractivity contribution in [2.75, 3.05) is 0 Å². The summed E-state index contributed by atoms with van der Waals surface area (Å²) in [5.41, 5.74) is 3.95. The molecule has 0 aliphatic carbocycles. The van der Waals surface area contributed by atoms with Crippen molar-refractivity contribution in [1.82, 2.24) is 4.98 Å². The lowest BCUT2D eigenvalue weighted by atomic mass is 10.1. The normalized spacial score (nSPS) is 11.5. The Morgan fingerprint density at radius 3 is 2.41 bits per heavy atom. The minimum Gasteiger partial charge on any atom is -0.236 e. The summed E-state index contributed by atoms with van der Waals surface area (Å²) in [4.78, 5) is 4.72. The lowest BCUT2D eigenvalue weighted by Gasteiger charge is -2.00. The summed E-state index contributed by atoms with van der Waals surface area (Å²) in [6, 6.07) is 14.6. The van der Waals surface area contributed by atoms with E-state index < -0.39 is 10.0 Å². The van der Waals surface area contributed by atoms with Gasteiger partial charge in [-0.3, -0.25) is 0 Å². The average molecular weight is 330 g/mol. The molecule has 4 nitrogen and oxygen atoms in total. The standard InChI is InChI=1S/C16H14N2O2S2/c1-11-3-2-4-13(9-11)16-18-15(10-21-16)12-5-7-14(8-6-12)22(17,19)20/h2-10H,1H3,(H2,17,19,20). The second kappa shape index (κ2) is 5.64. The van der Waals surface area contributed by atoms with Crippen LogP contribution in [0.1, 0.15) is 5.56 Å². The Bertz CT molecular complexity index is 913. The summed E-state index contributed by atoms with van der Waals surface area (Å²) in [5, 5.41) is 8.00. The first-order valence-corrected chi connectivity index (χ1v) is 9.02. The zero-order chi connectivity index (χ0) is 15.7. The first kappa shape index (κ1) is 14.9. The zero-order valence-corrected chi connectivity index (χ0v) is 13.5. The lowest BCUT2D eigenvalue weighted by molar-refractivity contribution is 0.598. The first-order chi connectivity index (χ1) is 10.4. The van der Waals surface area contributed by atoms with Gasteiger partial charge in [0.15, 0.2) is 0 Å². The van der Waals surface area contributed by atoms with Gasteiger partial charge in [0.05, 0.1) is 10.6 Å². The molecule has 0 spiro atoms. The summed E-state index contributed by atoms with van der Waals surface area (Å²) in [6.07, 6.45) is 0. The highest BCUT2D eigenvalue weighted by Crippen LogP contribution is 2.29. The van der Waals surface area contributed by atoms with Crippen LogP contribution >= 0.6 is 11.3 Å². The topological polar surface area (TPSA) is 73.0 Å². The first-order valence-electron chi connectivity index (χ1n) is 6.59. The highest BCUT2D eigenvalue weighted by molar-refractivity contribution is 7.89. The molecule has 2 aromatic carbocycles. The van der Waals surface area contributed by atoms with Crippen LogP contribution in [0.25, 0.3) is 21.8 Å². The molecule has 3 rings (SSSR count). The Balaban J connectivity index is 1.94. The van der Waals surface area contributed by atoms with Crippen LogP contribution in [-0.2, 0) is 10.0 Å². The quantitative estimate of drug-likeness (QED) is 0.799. The Kier molecular flexibility index (Phi) is 3.82. The van der Waals surface area contributed by atoms with Crippen LogP contribution in [0.3, 0.4) is 0 Å². The molecule has 22 heavy (non-hydrogen) atoms. The fourth-order valence-corrected chi connectivity index (χ4v) is 3.47. The number of aryl methyl sites for hydroxylation is 1. The third-order valence-corrected chi connectivity index (χ3v) is 5.07. The van der Waals surface area contributed by atoms with Crippen LogP contribution in [0.5, 0.6) is 0 Å². The molecule has 0 aliphatic heterocycles. The minimum atomic E-state index is -3.66. The molecule has 0 saturated heterocycles. The van der Waals surface area contributed by atoms with E-state index in [1.165, 1.54) is 17.7 Å². The molecule has 0 fully saturated rings. The molecule has 0 atom stereocenters. The summed E-state index contributed by atoms with van der Waals surface area (Å²) < 4.78 is 22.5. The minimum absolute atomic E-state index is 0.102. The summed E-state index contributed by atoms with van der Waals surface area (Å²) in [6.45, 7) is 2.05. The van der Waals surface area contributed by atoms with Crippen molar-refractivity contribution in [3.8, 4) is 21.8 Å². The second-order valence-electron chi connectivity index (χ2n) is 4.98. The molecule has 112 valence electrons. The maximum Gasteiger partial charge on any atom is 0.238 e. The number of hydrogen-bond acceptors (Lipinski definition) is 4. The molecule has 3 aromatic rings. The number of thiazole rings is 1. The number of rotatable bonds is 3. The second-order valence-corrected chi connectivity index (χ2v) is 7.40. The lowest BCUT2D eigenvalue weighted by Crippen LogP contribution is -2.11. The fraction of sp³-hybridized carbons (Fsp3) is 0.0625. The summed E-state index contributed by atoms with van der Waals surface area (Å²) in [7, 11) is -3.66. The van der Waals surface area contributed by atoms with E-state index in [2.05, 4.69) is 11.1 Å². The van der Waals surface area contributed by atoms with E-state index in [0.29, 0.717) is 0 Å². The molecule has 0 unspecified atom stereocenters. The molecular formula is C16H14N2O2S2. The predicted octanol–water partition coefficient (Wildman–Crippen LogP) is 3.43. The molecule has 6 heteroatoms. The largest absolute Gasteiger partial charge is 0.238 e. The van der Waals surface area contributed by atoms with Gasteiger partial charge in [-0.1, -0.05) is 35.9 Å². The van der Waals surface area contributed by atoms with Gasteiger partial charge in [0.2, 0.25) is 10.0 Å². The highest BCUT2D eigenvalue weighted by Gasteiger charge is 2.10. The van der Waals surface area contributed by atoms with Gasteiger partial charge >= 0.3 is 0 Å². The fourth-order valence-electron chi connectivity index (χ4n) is 2.13. The van der Waals surface area contributed by atoms with Crippen molar-refractivity contribution in [3.63, 3.8) is 0 Å². The van der Waals surface area contributed by atoms with E-state index in [-0.39, 0.29) is 4.90 Å². The van der Waals surface area contributed by atoms with Crippen molar-refractivity contribution in [2.24, 2.45) is 5.14 Å². The molecule has 1 heterocycles. The number of hydrogen-bond donors (Lipinski definition) is 1. The number of nitrogens with two attached hydrogens (primary N) is 1. The van der Waals surface area contributed by atoms with Gasteiger partial charge in [-0.25, -0.2) is 18.5 Å². The smallest absolute Gasteiger partial charge is 0.236 e. The number of nitrogens with zero attached hydrogens (tertiary/aromatic N) is 1. The third kappa shape index (κ3) is 3.09. The van der Waals surface area contributed by atoms with Gasteiger partial charge in [-0.05, 0) is 25.1 Å². The average Bonchev–Trinajstić information content (AvgIpc) is 2.96. The number of benzene rings is 2. The van der Waals surface area contributed by atoms with E-state index in [0.717, 1.165) is 21.8 Å². The molecule has 0 bridgehead atoms. The van der Waals surface area contributed by atoms with Crippen molar-refractivity contribution in [1.29, 1.82) is 0 Å². The molecule has 2 N–H and O–H groups in total. The highest BCUT2D eigenvalue weighted by atomic mass is 32.2. The molecule has 0 radical (unpaired) electrons. The molecule has 1 aromatic heterocycles. The number of sulfonamides is 1. The zero-order valence-electron chi connectivity index (χ0n) is 11.9. The monoisotopic (exact) mass is 330 g/mol. The van der Waals surface area contributed by atoms with E-state index in [9.17, 15) is 8.42 Å². The SMILES string of the molecule is Cc1cccc(-c2nc(-c3ccc(S(N)(=O)=O)cc3)cs2)c1. The van der Waals surface area contributed by atoms with Gasteiger partial charge in [0, 0.05) is 16.5 Å². The Labute approximate surface area is 133 Å². The van der Waals surface area contributed by atoms with Crippen LogP contribution in [0.2, 0.25) is 0 Å². The van der Waals surface area contributed by atoms with Gasteiger partial charge < -0.3 is 0 Å². The summed E-state index contributed by atoms with van der Waals surface area (Å²) in [5.74, 6) is 0. The van der Waals surface area contributed by atoms with Crippen LogP contribution in [0.4, 0.5) is 0 Å². The third-order valence-electron chi connectivity index (χ3n) is 3.25. The van der Waals surface area contributed by atoms with Crippen molar-refractivity contribution >= 4 is 21.4 Å². The number of aromatic nitrogens is 1. The summed E-state index contributed by atoms with van der Waals surface area (Å²) >= 11 is 1.56. The maximum atomic E-state index is 11.3. The molecule has 0 saturated carbocycles. The van der Waals surface area contributed by atoms with E-state index in [4.69, 9.17) is 5.14 Å². The van der Waals surface area contributed by atoms with Crippen molar-refractivity contribution < 1.29 is 8.42 Å². The molecule has 0 aliphatic rings. The Morgan fingerprint density at radius 1 is 1.05 bits per heavy atom. The Hall–Kier alpha value is -2.02. The van der Waals surface area contributed by atoms with Crippen LogP contribution in [0, 0.1) is 6.92 Å². The van der Waals surface area contributed by atoms with Gasteiger partial charge in [-0.2, -0.15) is 0 Å². The Morgan fingerprint density at radius 2 is 1.77 bits per heavy atom. The molecule has 0 amide bonds. The molecular weight excluding hydrogens is 316 g/mol. The van der Waals surface area contributed by atoms with Crippen molar-refractivity contribution in [3.05, 3.63) is 59.5 Å². The van der Waals surface area contributed by atoms with Gasteiger partial charge in [-0.15, -0.1) is 11.3 Å².